The molecule has 0 aliphatic carbocycles. The summed E-state index contributed by atoms with van der Waals surface area (Å²) in [6, 6.07) is 7.89. The van der Waals surface area contributed by atoms with E-state index < -0.39 is 5.41 Å². The number of fused-ring (bicyclic) bond motifs is 2. The van der Waals surface area contributed by atoms with Gasteiger partial charge in [0.2, 0.25) is 5.91 Å². The van der Waals surface area contributed by atoms with Crippen molar-refractivity contribution in [2.45, 2.75) is 65.1 Å². The topological polar surface area (TPSA) is 120 Å². The molecule has 2 aliphatic rings. The number of likely N-dealkylation sites (N-methyl/N-ethyl adjacent to an activating group) is 1. The Kier molecular flexibility index (Phi) is 7.97. The van der Waals surface area contributed by atoms with Crippen LogP contribution in [0.5, 0.6) is 0 Å². The first-order valence-electron chi connectivity index (χ1n) is 15.1. The van der Waals surface area contributed by atoms with Crippen molar-refractivity contribution in [3.8, 4) is 0 Å². The van der Waals surface area contributed by atoms with Gasteiger partial charge in [-0.25, -0.2) is 14.6 Å². The molecule has 0 spiro atoms. The standard InChI is InChI=1S/C32H40N8O4/c1-20-34-21(2)40(36-20)12-10-28-35-26-16-23(38-13-14-44-24(18-38)19-43-6)7-8-25(26)30(41)39(28)11-9-22-15-27-29(33-17-22)32(3,4)31(42)37(27)5/h7-8,15-17,24H,9-14,18-19H2,1-6H3/t24-/m1/s1. The first-order chi connectivity index (χ1) is 21.1. The maximum Gasteiger partial charge on any atom is 0.261 e. The van der Waals surface area contributed by atoms with Crippen molar-refractivity contribution < 1.29 is 14.3 Å². The molecule has 232 valence electrons. The van der Waals surface area contributed by atoms with Crippen LogP contribution < -0.4 is 15.4 Å². The van der Waals surface area contributed by atoms with Gasteiger partial charge in [0.15, 0.2) is 0 Å². The largest absolute Gasteiger partial charge is 0.382 e. The van der Waals surface area contributed by atoms with Gasteiger partial charge in [-0.2, -0.15) is 5.10 Å². The molecule has 12 nitrogen and oxygen atoms in total. The highest BCUT2D eigenvalue weighted by Gasteiger charge is 2.43. The molecule has 4 aromatic rings. The second-order valence-corrected chi connectivity index (χ2v) is 12.2. The van der Waals surface area contributed by atoms with Gasteiger partial charge in [-0.1, -0.05) is 0 Å². The highest BCUT2D eigenvalue weighted by Crippen LogP contribution is 2.39. The fourth-order valence-electron chi connectivity index (χ4n) is 6.33. The first-order valence-corrected chi connectivity index (χ1v) is 15.1. The molecule has 5 heterocycles. The van der Waals surface area contributed by atoms with Gasteiger partial charge in [-0.15, -0.1) is 0 Å². The van der Waals surface area contributed by atoms with E-state index in [1.165, 1.54) is 0 Å². The zero-order chi connectivity index (χ0) is 31.2. The highest BCUT2D eigenvalue weighted by molar-refractivity contribution is 6.06. The normalized spacial score (nSPS) is 18.0. The summed E-state index contributed by atoms with van der Waals surface area (Å²) in [7, 11) is 3.46. The minimum Gasteiger partial charge on any atom is -0.382 e. The Bertz CT molecular complexity index is 1780. The van der Waals surface area contributed by atoms with Crippen LogP contribution in [0.4, 0.5) is 11.4 Å². The Hall–Kier alpha value is -4.16. The van der Waals surface area contributed by atoms with Crippen LogP contribution in [0.15, 0.2) is 35.3 Å². The third kappa shape index (κ3) is 5.48. The van der Waals surface area contributed by atoms with Crippen molar-refractivity contribution in [1.29, 1.82) is 0 Å². The SMILES string of the molecule is COC[C@H]1CN(c2ccc3c(=O)n(CCc4cnc5c(c4)N(C)C(=O)C5(C)C)c(CCn4nc(C)nc4C)nc3c2)CCO1. The molecule has 1 amide bonds. The summed E-state index contributed by atoms with van der Waals surface area (Å²) in [5, 5.41) is 5.09. The molecule has 0 bridgehead atoms. The van der Waals surface area contributed by atoms with Crippen LogP contribution in [0.2, 0.25) is 0 Å². The van der Waals surface area contributed by atoms with E-state index in [9.17, 15) is 9.59 Å². The number of morpholine rings is 1. The third-order valence-electron chi connectivity index (χ3n) is 8.73. The van der Waals surface area contributed by atoms with Gasteiger partial charge in [-0.05, 0) is 63.9 Å². The fraction of sp³-hybridized carbons (Fsp3) is 0.500. The van der Waals surface area contributed by atoms with E-state index in [1.54, 1.807) is 23.6 Å². The first kappa shape index (κ1) is 29.9. The number of pyridine rings is 1. The number of nitrogens with zero attached hydrogens (tertiary/aromatic N) is 8. The molecule has 1 atom stereocenters. The maximum atomic E-state index is 14.0. The fourth-order valence-corrected chi connectivity index (χ4v) is 6.33. The van der Waals surface area contributed by atoms with Crippen LogP contribution in [0, 0.1) is 13.8 Å². The number of rotatable bonds is 9. The smallest absolute Gasteiger partial charge is 0.261 e. The quantitative estimate of drug-likeness (QED) is 0.285. The van der Waals surface area contributed by atoms with E-state index in [0.29, 0.717) is 68.2 Å². The maximum absolute atomic E-state index is 14.0. The summed E-state index contributed by atoms with van der Waals surface area (Å²) in [5.41, 5.74) is 3.49. The lowest BCUT2D eigenvalue weighted by atomic mass is 9.90. The number of carbonyl (C=O) groups excluding carboxylic acids is 1. The number of hydrogen-bond acceptors (Lipinski definition) is 9. The molecule has 1 fully saturated rings. The molecular weight excluding hydrogens is 560 g/mol. The number of aromatic nitrogens is 6. The minimum absolute atomic E-state index is 0.00645. The van der Waals surface area contributed by atoms with Gasteiger partial charge in [-0.3, -0.25) is 19.1 Å². The summed E-state index contributed by atoms with van der Waals surface area (Å²) >= 11 is 0. The molecule has 0 unspecified atom stereocenters. The minimum atomic E-state index is -0.655. The lowest BCUT2D eigenvalue weighted by molar-refractivity contribution is -0.121. The van der Waals surface area contributed by atoms with E-state index in [1.807, 2.05) is 62.8 Å². The van der Waals surface area contributed by atoms with Gasteiger partial charge in [0.1, 0.15) is 17.5 Å². The second-order valence-electron chi connectivity index (χ2n) is 12.2. The molecule has 3 aromatic heterocycles. The molecular formula is C32H40N8O4. The van der Waals surface area contributed by atoms with Crippen molar-refractivity contribution in [2.24, 2.45) is 0 Å². The van der Waals surface area contributed by atoms with Crippen LogP contribution >= 0.6 is 0 Å². The summed E-state index contributed by atoms with van der Waals surface area (Å²) in [6.45, 7) is 11.2. The van der Waals surface area contributed by atoms with Crippen molar-refractivity contribution in [1.82, 2.24) is 29.3 Å². The zero-order valence-corrected chi connectivity index (χ0v) is 26.3. The van der Waals surface area contributed by atoms with Crippen LogP contribution in [0.25, 0.3) is 10.9 Å². The zero-order valence-electron chi connectivity index (χ0n) is 26.3. The number of hydrogen-bond donors (Lipinski definition) is 0. The van der Waals surface area contributed by atoms with Gasteiger partial charge in [0.25, 0.3) is 5.56 Å². The highest BCUT2D eigenvalue weighted by atomic mass is 16.5. The monoisotopic (exact) mass is 600 g/mol. The number of ether oxygens (including phenoxy) is 2. The molecule has 0 N–H and O–H groups in total. The van der Waals surface area contributed by atoms with Crippen molar-refractivity contribution in [2.75, 3.05) is 50.3 Å². The van der Waals surface area contributed by atoms with Gasteiger partial charge < -0.3 is 19.3 Å². The Balaban J connectivity index is 1.33. The van der Waals surface area contributed by atoms with Crippen LogP contribution in [0.1, 0.15) is 42.6 Å². The summed E-state index contributed by atoms with van der Waals surface area (Å²) in [5.74, 6) is 2.25. The molecule has 12 heteroatoms. The summed E-state index contributed by atoms with van der Waals surface area (Å²) < 4.78 is 14.8. The molecule has 6 rings (SSSR count). The van der Waals surface area contributed by atoms with E-state index in [-0.39, 0.29) is 17.6 Å². The van der Waals surface area contributed by atoms with Crippen LogP contribution in [-0.4, -0.2) is 81.8 Å². The Labute approximate surface area is 256 Å². The average molecular weight is 601 g/mol. The second kappa shape index (κ2) is 11.7. The molecule has 0 radical (unpaired) electrons. The number of benzene rings is 1. The Morgan fingerprint density at radius 1 is 1.09 bits per heavy atom. The number of amides is 1. The number of carbonyl (C=O) groups is 1. The number of anilines is 2. The molecule has 2 aliphatic heterocycles. The van der Waals surface area contributed by atoms with Crippen molar-refractivity contribution >= 4 is 28.2 Å². The predicted octanol–water partition coefficient (Wildman–Crippen LogP) is 2.59. The van der Waals surface area contributed by atoms with E-state index in [0.717, 1.165) is 35.0 Å². The lowest BCUT2D eigenvalue weighted by Crippen LogP contribution is -2.44. The van der Waals surface area contributed by atoms with Gasteiger partial charge in [0.05, 0.1) is 53.6 Å². The summed E-state index contributed by atoms with van der Waals surface area (Å²) in [4.78, 5) is 44.9. The Morgan fingerprint density at radius 2 is 1.91 bits per heavy atom. The third-order valence-corrected chi connectivity index (χ3v) is 8.73. The predicted molar refractivity (Wildman–Crippen MR) is 167 cm³/mol. The van der Waals surface area contributed by atoms with Crippen LogP contribution in [-0.2, 0) is 45.6 Å². The number of methoxy groups -OCH3 is 1. The molecule has 44 heavy (non-hydrogen) atoms. The van der Waals surface area contributed by atoms with E-state index in [2.05, 4.69) is 20.0 Å². The van der Waals surface area contributed by atoms with E-state index >= 15 is 0 Å². The lowest BCUT2D eigenvalue weighted by Gasteiger charge is -2.34. The van der Waals surface area contributed by atoms with Crippen molar-refractivity contribution in [3.05, 3.63) is 69.5 Å². The Morgan fingerprint density at radius 3 is 2.66 bits per heavy atom. The van der Waals surface area contributed by atoms with Crippen molar-refractivity contribution in [3.63, 3.8) is 0 Å². The van der Waals surface area contributed by atoms with Gasteiger partial charge >= 0.3 is 0 Å². The number of aryl methyl sites for hydroxylation is 5. The van der Waals surface area contributed by atoms with E-state index in [4.69, 9.17) is 14.5 Å². The van der Waals surface area contributed by atoms with Gasteiger partial charge in [0, 0.05) is 52.1 Å². The summed E-state index contributed by atoms with van der Waals surface area (Å²) in [6.07, 6.45) is 2.89. The average Bonchev–Trinajstić information content (AvgIpc) is 3.42. The molecule has 0 saturated carbocycles. The van der Waals surface area contributed by atoms with Crippen LogP contribution in [0.3, 0.4) is 0 Å². The molecule has 1 aromatic carbocycles. The molecule has 1 saturated heterocycles.